The third-order valence-corrected chi connectivity index (χ3v) is 7.66. The molecule has 0 aliphatic carbocycles. The molecule has 0 bridgehead atoms. The van der Waals surface area contributed by atoms with Crippen LogP contribution in [0.1, 0.15) is 13.8 Å². The van der Waals surface area contributed by atoms with Gasteiger partial charge in [0.2, 0.25) is 21.9 Å². The number of amidine groups is 1. The monoisotopic (exact) mass is 587 g/mol. The van der Waals surface area contributed by atoms with Gasteiger partial charge in [0, 0.05) is 13.2 Å². The first-order valence-corrected chi connectivity index (χ1v) is 13.7. The van der Waals surface area contributed by atoms with Gasteiger partial charge in [-0.1, -0.05) is 12.1 Å². The molecule has 1 aromatic carbocycles. The third-order valence-electron chi connectivity index (χ3n) is 5.97. The Kier molecular flexibility index (Phi) is 10.4. The van der Waals surface area contributed by atoms with Gasteiger partial charge in [0.15, 0.2) is 11.7 Å². The number of allylic oxidation sites excluding steroid dienone is 1. The van der Waals surface area contributed by atoms with Crippen molar-refractivity contribution in [3.05, 3.63) is 48.4 Å². The fourth-order valence-electron chi connectivity index (χ4n) is 3.74. The van der Waals surface area contributed by atoms with Crippen molar-refractivity contribution >= 4 is 28.5 Å². The number of hydrogen-bond donors (Lipinski definition) is 1. The van der Waals surface area contributed by atoms with Gasteiger partial charge in [-0.2, -0.15) is 0 Å². The first-order chi connectivity index (χ1) is 19.6. The van der Waals surface area contributed by atoms with E-state index in [1.807, 2.05) is 0 Å². The van der Waals surface area contributed by atoms with Gasteiger partial charge in [-0.3, -0.25) is 9.29 Å². The van der Waals surface area contributed by atoms with E-state index in [1.165, 1.54) is 53.2 Å². The highest BCUT2D eigenvalue weighted by Crippen LogP contribution is 2.37. The molecular formula is C26H33N7O7S. The summed E-state index contributed by atoms with van der Waals surface area (Å²) in [4.78, 5) is 12.5. The number of aromatic nitrogens is 4. The molecule has 0 aliphatic rings. The molecule has 41 heavy (non-hydrogen) atoms. The number of rotatable bonds is 13. The van der Waals surface area contributed by atoms with E-state index in [2.05, 4.69) is 36.6 Å². The summed E-state index contributed by atoms with van der Waals surface area (Å²) in [7, 11) is 3.04. The Bertz CT molecular complexity index is 1510. The standard InChI is InChI=1S/C26H33N7O7S/c1-16(36-4)15-28-24(27-3)23(40-8)17(2)41(34,35)32-26-31-30-25(18-11-9-14-21(29-18)39-7)33(26)22-19(37-5)12-10-13-20(22)38-6/h9-15,17,23H,3H2,1-2,4-8H3,(H,31,32)/b16-15+,28-24?/t17-,23-/m0/s1. The lowest BCUT2D eigenvalue weighted by atomic mass is 10.2. The lowest BCUT2D eigenvalue weighted by Gasteiger charge is -2.23. The lowest BCUT2D eigenvalue weighted by Crippen LogP contribution is -2.41. The first-order valence-electron chi connectivity index (χ1n) is 12.1. The van der Waals surface area contributed by atoms with Crippen LogP contribution in [0.2, 0.25) is 0 Å². The molecule has 0 aliphatic heterocycles. The smallest absolute Gasteiger partial charge is 0.243 e. The van der Waals surface area contributed by atoms with E-state index < -0.39 is 21.4 Å². The second kappa shape index (κ2) is 13.7. The van der Waals surface area contributed by atoms with E-state index in [1.54, 1.807) is 43.3 Å². The molecule has 220 valence electrons. The largest absolute Gasteiger partial charge is 0.500 e. The van der Waals surface area contributed by atoms with E-state index in [-0.39, 0.29) is 17.6 Å². The highest BCUT2D eigenvalue weighted by molar-refractivity contribution is 7.93. The van der Waals surface area contributed by atoms with E-state index in [9.17, 15) is 8.42 Å². The summed E-state index contributed by atoms with van der Waals surface area (Å²) in [5.74, 6) is 1.60. The number of benzene rings is 1. The molecule has 0 unspecified atom stereocenters. The minimum Gasteiger partial charge on any atom is -0.500 e. The zero-order valence-corrected chi connectivity index (χ0v) is 24.7. The van der Waals surface area contributed by atoms with Gasteiger partial charge < -0.3 is 23.7 Å². The van der Waals surface area contributed by atoms with Crippen molar-refractivity contribution in [1.29, 1.82) is 0 Å². The Labute approximate surface area is 238 Å². The van der Waals surface area contributed by atoms with Crippen molar-refractivity contribution in [3.63, 3.8) is 0 Å². The molecule has 2 atom stereocenters. The number of methoxy groups -OCH3 is 5. The van der Waals surface area contributed by atoms with Crippen LogP contribution >= 0.6 is 0 Å². The molecule has 15 heteroatoms. The Morgan fingerprint density at radius 3 is 2.24 bits per heavy atom. The summed E-state index contributed by atoms with van der Waals surface area (Å²) in [6.45, 7) is 6.63. The van der Waals surface area contributed by atoms with Crippen LogP contribution in [0.4, 0.5) is 5.95 Å². The van der Waals surface area contributed by atoms with Crippen molar-refractivity contribution in [2.45, 2.75) is 25.2 Å². The summed E-state index contributed by atoms with van der Waals surface area (Å²) in [6.07, 6.45) is 0.295. The molecule has 0 spiro atoms. The highest BCUT2D eigenvalue weighted by atomic mass is 32.2. The van der Waals surface area contributed by atoms with Gasteiger partial charge in [-0.15, -0.1) is 10.2 Å². The number of hydrogen-bond acceptors (Lipinski definition) is 11. The lowest BCUT2D eigenvalue weighted by molar-refractivity contribution is 0.154. The SMILES string of the molecule is C=NC(=N/C=C(\C)OC)[C@@H](OC)[C@H](C)S(=O)(=O)Nc1nnc(-c2cccc(OC)n2)n1-c1c(OC)cccc1OC. The molecule has 0 radical (unpaired) electrons. The zero-order valence-electron chi connectivity index (χ0n) is 23.9. The Morgan fingerprint density at radius 1 is 1.02 bits per heavy atom. The second-order valence-corrected chi connectivity index (χ2v) is 10.4. The predicted molar refractivity (Wildman–Crippen MR) is 155 cm³/mol. The van der Waals surface area contributed by atoms with Crippen molar-refractivity contribution in [3.8, 4) is 34.6 Å². The van der Waals surface area contributed by atoms with E-state index in [0.29, 0.717) is 34.5 Å². The number of nitrogens with one attached hydrogen (secondary N) is 1. The average Bonchev–Trinajstić information content (AvgIpc) is 3.40. The molecule has 0 amide bonds. The predicted octanol–water partition coefficient (Wildman–Crippen LogP) is 3.11. The molecule has 2 heterocycles. The fraction of sp³-hybridized carbons (Fsp3) is 0.346. The number of aliphatic imine (C=N–C) groups is 2. The van der Waals surface area contributed by atoms with Crippen LogP contribution in [0.3, 0.4) is 0 Å². The molecule has 3 aromatic rings. The molecule has 0 saturated heterocycles. The van der Waals surface area contributed by atoms with Gasteiger partial charge in [0.05, 0.1) is 34.6 Å². The van der Waals surface area contributed by atoms with Crippen LogP contribution in [-0.4, -0.2) is 87.6 Å². The topological polar surface area (TPSA) is 161 Å². The maximum atomic E-state index is 13.7. The Morgan fingerprint density at radius 2 is 1.68 bits per heavy atom. The Hall–Kier alpha value is -4.50. The first kappa shape index (κ1) is 31.0. The normalized spacial score (nSPS) is 13.7. The van der Waals surface area contributed by atoms with Crippen LogP contribution in [0.25, 0.3) is 17.2 Å². The van der Waals surface area contributed by atoms with Gasteiger partial charge in [0.25, 0.3) is 0 Å². The number of anilines is 1. The molecule has 0 fully saturated rings. The summed E-state index contributed by atoms with van der Waals surface area (Å²) in [6, 6.07) is 10.2. The van der Waals surface area contributed by atoms with Gasteiger partial charge >= 0.3 is 0 Å². The Balaban J connectivity index is 2.18. The summed E-state index contributed by atoms with van der Waals surface area (Å²) >= 11 is 0. The minimum absolute atomic E-state index is 0.0379. The number of sulfonamides is 1. The van der Waals surface area contributed by atoms with Crippen LogP contribution in [-0.2, 0) is 19.5 Å². The number of nitrogens with zero attached hydrogens (tertiary/aromatic N) is 6. The minimum atomic E-state index is -4.22. The maximum Gasteiger partial charge on any atom is 0.243 e. The molecular weight excluding hydrogens is 554 g/mol. The zero-order chi connectivity index (χ0) is 30.2. The van der Waals surface area contributed by atoms with E-state index >= 15 is 0 Å². The van der Waals surface area contributed by atoms with Crippen molar-refractivity contribution in [2.24, 2.45) is 9.98 Å². The summed E-state index contributed by atoms with van der Waals surface area (Å²) in [5, 5.41) is 7.21. The third kappa shape index (κ3) is 6.81. The van der Waals surface area contributed by atoms with Crippen LogP contribution in [0.5, 0.6) is 17.4 Å². The fourth-order valence-corrected chi connectivity index (χ4v) is 4.87. The second-order valence-electron chi connectivity index (χ2n) is 8.36. The van der Waals surface area contributed by atoms with E-state index in [4.69, 9.17) is 23.7 Å². The number of ether oxygens (including phenoxy) is 5. The number of pyridine rings is 1. The average molecular weight is 588 g/mol. The van der Waals surface area contributed by atoms with Gasteiger partial charge in [0.1, 0.15) is 40.0 Å². The maximum absolute atomic E-state index is 13.7. The molecule has 2 aromatic heterocycles. The van der Waals surface area contributed by atoms with Gasteiger partial charge in [-0.05, 0) is 38.8 Å². The number of para-hydroxylation sites is 1. The molecule has 14 nitrogen and oxygen atoms in total. The molecule has 3 rings (SSSR count). The molecule has 1 N–H and O–H groups in total. The van der Waals surface area contributed by atoms with Gasteiger partial charge in [-0.25, -0.2) is 23.4 Å². The van der Waals surface area contributed by atoms with Crippen LogP contribution in [0.15, 0.2) is 58.3 Å². The quantitative estimate of drug-likeness (QED) is 0.179. The highest BCUT2D eigenvalue weighted by Gasteiger charge is 2.35. The summed E-state index contributed by atoms with van der Waals surface area (Å²) < 4.78 is 58.4. The van der Waals surface area contributed by atoms with E-state index in [0.717, 1.165) is 0 Å². The van der Waals surface area contributed by atoms with Crippen LogP contribution < -0.4 is 18.9 Å². The van der Waals surface area contributed by atoms with Crippen molar-refractivity contribution in [2.75, 3.05) is 40.3 Å². The van der Waals surface area contributed by atoms with Crippen molar-refractivity contribution in [1.82, 2.24) is 19.7 Å². The van der Waals surface area contributed by atoms with Crippen molar-refractivity contribution < 1.29 is 32.1 Å². The summed E-state index contributed by atoms with van der Waals surface area (Å²) in [5.41, 5.74) is 0.689. The van der Waals surface area contributed by atoms with Crippen LogP contribution in [0, 0.1) is 0 Å². The molecule has 0 saturated carbocycles.